The molecule has 0 atom stereocenters. The van der Waals surface area contributed by atoms with Gasteiger partial charge in [0.15, 0.2) is 5.82 Å². The van der Waals surface area contributed by atoms with E-state index in [1.54, 1.807) is 24.2 Å². The van der Waals surface area contributed by atoms with Crippen molar-refractivity contribution in [1.82, 2.24) is 24.3 Å². The number of methoxy groups -OCH3 is 1. The van der Waals surface area contributed by atoms with E-state index in [1.165, 1.54) is 6.07 Å². The molecule has 2 aromatic carbocycles. The lowest BCUT2D eigenvalue weighted by Gasteiger charge is -2.12. The topological polar surface area (TPSA) is 69.8 Å². The maximum atomic E-state index is 13.1. The van der Waals surface area contributed by atoms with Crippen LogP contribution in [-0.4, -0.2) is 31.4 Å². The number of nitrogens with zero attached hydrogens (tertiary/aromatic N) is 5. The molecular formula is C23H23F3N6O. The Morgan fingerprint density at radius 1 is 1.09 bits per heavy atom. The average molecular weight is 456 g/mol. The predicted molar refractivity (Wildman–Crippen MR) is 119 cm³/mol. The quantitative estimate of drug-likeness (QED) is 0.398. The lowest BCUT2D eigenvalue weighted by Crippen LogP contribution is -2.09. The summed E-state index contributed by atoms with van der Waals surface area (Å²) in [5.74, 6) is 1.37. The van der Waals surface area contributed by atoms with Gasteiger partial charge in [0.2, 0.25) is 5.95 Å². The van der Waals surface area contributed by atoms with Crippen LogP contribution in [0.1, 0.15) is 31.1 Å². The van der Waals surface area contributed by atoms with Gasteiger partial charge in [0.05, 0.1) is 36.4 Å². The molecule has 2 heterocycles. The normalized spacial score (nSPS) is 11.8. The van der Waals surface area contributed by atoms with Gasteiger partial charge in [-0.3, -0.25) is 0 Å². The van der Waals surface area contributed by atoms with Gasteiger partial charge in [-0.1, -0.05) is 6.07 Å². The van der Waals surface area contributed by atoms with Gasteiger partial charge in [0, 0.05) is 17.4 Å². The molecule has 0 fully saturated rings. The fraction of sp³-hybridized carbons (Fsp3) is 0.261. The summed E-state index contributed by atoms with van der Waals surface area (Å²) in [5, 5.41) is 7.55. The van der Waals surface area contributed by atoms with Gasteiger partial charge in [0.25, 0.3) is 0 Å². The number of hydrogen-bond donors (Lipinski definition) is 1. The SMILES string of the molecule is COc1cc(-c2nc(Nc3cccc(C(F)(F)F)c3)n(C(C)C)n2)ccc1-n1cnc(C)c1. The van der Waals surface area contributed by atoms with Crippen LogP contribution >= 0.6 is 0 Å². The summed E-state index contributed by atoms with van der Waals surface area (Å²) in [6, 6.07) is 10.5. The highest BCUT2D eigenvalue weighted by atomic mass is 19.4. The summed E-state index contributed by atoms with van der Waals surface area (Å²) in [4.78, 5) is 8.80. The molecule has 0 bridgehead atoms. The predicted octanol–water partition coefficient (Wildman–Crippen LogP) is 5.79. The highest BCUT2D eigenvalue weighted by Gasteiger charge is 2.30. The van der Waals surface area contributed by atoms with Gasteiger partial charge in [-0.15, -0.1) is 5.10 Å². The second-order valence-electron chi connectivity index (χ2n) is 7.81. The summed E-state index contributed by atoms with van der Waals surface area (Å²) in [7, 11) is 1.58. The maximum absolute atomic E-state index is 13.1. The van der Waals surface area contributed by atoms with Gasteiger partial charge in [-0.2, -0.15) is 18.2 Å². The Morgan fingerprint density at radius 2 is 1.88 bits per heavy atom. The standard InChI is InChI=1S/C23H23F3N6O/c1-14(2)32-22(28-18-7-5-6-17(11-18)23(24,25)26)29-21(30-32)16-8-9-19(20(10-16)33-4)31-12-15(3)27-13-31/h5-14H,1-4H3,(H,28,29,30). The van der Waals surface area contributed by atoms with Crippen LogP contribution in [0, 0.1) is 6.92 Å². The zero-order chi connectivity index (χ0) is 23.8. The first-order valence-electron chi connectivity index (χ1n) is 10.3. The van der Waals surface area contributed by atoms with Crippen LogP contribution in [0.2, 0.25) is 0 Å². The van der Waals surface area contributed by atoms with E-state index in [2.05, 4.69) is 20.4 Å². The molecule has 172 valence electrons. The molecule has 0 amide bonds. The van der Waals surface area contributed by atoms with Crippen LogP contribution in [0.4, 0.5) is 24.8 Å². The maximum Gasteiger partial charge on any atom is 0.416 e. The van der Waals surface area contributed by atoms with Crippen molar-refractivity contribution in [2.24, 2.45) is 0 Å². The second-order valence-corrected chi connectivity index (χ2v) is 7.81. The zero-order valence-electron chi connectivity index (χ0n) is 18.6. The van der Waals surface area contributed by atoms with E-state index in [0.29, 0.717) is 23.1 Å². The van der Waals surface area contributed by atoms with Crippen molar-refractivity contribution in [2.75, 3.05) is 12.4 Å². The van der Waals surface area contributed by atoms with Crippen molar-refractivity contribution in [2.45, 2.75) is 33.0 Å². The Bertz CT molecular complexity index is 1280. The average Bonchev–Trinajstić information content (AvgIpc) is 3.39. The fourth-order valence-corrected chi connectivity index (χ4v) is 3.38. The number of alkyl halides is 3. The molecule has 0 radical (unpaired) electrons. The first kappa shape index (κ1) is 22.4. The highest BCUT2D eigenvalue weighted by Crippen LogP contribution is 2.33. The molecule has 1 N–H and O–H groups in total. The molecule has 0 unspecified atom stereocenters. The van der Waals surface area contributed by atoms with Gasteiger partial charge >= 0.3 is 6.18 Å². The summed E-state index contributed by atoms with van der Waals surface area (Å²) in [5.41, 5.74) is 1.93. The number of rotatable bonds is 6. The Morgan fingerprint density at radius 3 is 2.52 bits per heavy atom. The van der Waals surface area contributed by atoms with Crippen LogP contribution in [0.15, 0.2) is 55.0 Å². The number of anilines is 2. The van der Waals surface area contributed by atoms with E-state index in [9.17, 15) is 13.2 Å². The van der Waals surface area contributed by atoms with Crippen LogP contribution in [0.5, 0.6) is 5.75 Å². The second kappa shape index (κ2) is 8.61. The molecule has 10 heteroatoms. The lowest BCUT2D eigenvalue weighted by atomic mass is 10.1. The number of imidazole rings is 1. The summed E-state index contributed by atoms with van der Waals surface area (Å²) >= 11 is 0. The number of hydrogen-bond acceptors (Lipinski definition) is 5. The molecule has 0 aliphatic carbocycles. The van der Waals surface area contributed by atoms with Crippen LogP contribution in [0.3, 0.4) is 0 Å². The first-order valence-corrected chi connectivity index (χ1v) is 10.3. The monoisotopic (exact) mass is 456 g/mol. The van der Waals surface area contributed by atoms with Gasteiger partial charge in [-0.25, -0.2) is 9.67 Å². The van der Waals surface area contributed by atoms with Crippen molar-refractivity contribution in [3.63, 3.8) is 0 Å². The Labute approximate surface area is 188 Å². The minimum atomic E-state index is -4.43. The summed E-state index contributed by atoms with van der Waals surface area (Å²) in [6.07, 6.45) is -0.837. The van der Waals surface area contributed by atoms with Crippen molar-refractivity contribution in [3.8, 4) is 22.8 Å². The third-order valence-corrected chi connectivity index (χ3v) is 4.99. The molecule has 0 aliphatic rings. The molecule has 2 aromatic heterocycles. The number of aromatic nitrogens is 5. The van der Waals surface area contributed by atoms with E-state index in [0.717, 1.165) is 23.5 Å². The van der Waals surface area contributed by atoms with Crippen LogP contribution in [0.25, 0.3) is 17.1 Å². The van der Waals surface area contributed by atoms with Crippen LogP contribution in [-0.2, 0) is 6.18 Å². The molecule has 4 rings (SSSR count). The minimum absolute atomic E-state index is 0.0744. The third-order valence-electron chi connectivity index (χ3n) is 4.99. The Kier molecular flexibility index (Phi) is 5.84. The lowest BCUT2D eigenvalue weighted by molar-refractivity contribution is -0.137. The van der Waals surface area contributed by atoms with Crippen LogP contribution < -0.4 is 10.1 Å². The summed E-state index contributed by atoms with van der Waals surface area (Å²) < 4.78 is 48.3. The molecule has 4 aromatic rings. The molecule has 0 aliphatic heterocycles. The number of aryl methyl sites for hydroxylation is 1. The van der Waals surface area contributed by atoms with E-state index in [4.69, 9.17) is 4.74 Å². The molecule has 0 saturated heterocycles. The van der Waals surface area contributed by atoms with Crippen molar-refractivity contribution in [3.05, 3.63) is 66.2 Å². The first-order chi connectivity index (χ1) is 15.7. The van der Waals surface area contributed by atoms with Gasteiger partial charge in [0.1, 0.15) is 5.75 Å². The van der Waals surface area contributed by atoms with Crippen molar-refractivity contribution in [1.29, 1.82) is 0 Å². The molecule has 33 heavy (non-hydrogen) atoms. The highest BCUT2D eigenvalue weighted by molar-refractivity contribution is 5.65. The molecular weight excluding hydrogens is 433 g/mol. The number of halogens is 3. The Hall–Kier alpha value is -3.82. The zero-order valence-corrected chi connectivity index (χ0v) is 18.6. The number of ether oxygens (including phenoxy) is 1. The molecule has 0 saturated carbocycles. The van der Waals surface area contributed by atoms with Gasteiger partial charge < -0.3 is 14.6 Å². The van der Waals surface area contributed by atoms with E-state index >= 15 is 0 Å². The Balaban J connectivity index is 1.70. The third kappa shape index (κ3) is 4.69. The van der Waals surface area contributed by atoms with Crippen molar-refractivity contribution >= 4 is 11.6 Å². The molecule has 0 spiro atoms. The fourth-order valence-electron chi connectivity index (χ4n) is 3.38. The minimum Gasteiger partial charge on any atom is -0.495 e. The molecule has 7 nitrogen and oxygen atoms in total. The summed E-state index contributed by atoms with van der Waals surface area (Å²) in [6.45, 7) is 5.74. The van der Waals surface area contributed by atoms with Gasteiger partial charge in [-0.05, 0) is 57.2 Å². The smallest absolute Gasteiger partial charge is 0.416 e. The van der Waals surface area contributed by atoms with E-state index in [-0.39, 0.29) is 11.7 Å². The number of nitrogens with one attached hydrogen (secondary N) is 1. The van der Waals surface area contributed by atoms with E-state index in [1.807, 2.05) is 49.7 Å². The van der Waals surface area contributed by atoms with Crippen molar-refractivity contribution < 1.29 is 17.9 Å². The van der Waals surface area contributed by atoms with E-state index < -0.39 is 11.7 Å². The largest absolute Gasteiger partial charge is 0.495 e. The number of benzene rings is 2.